The van der Waals surface area contributed by atoms with E-state index in [-0.39, 0.29) is 17.9 Å². The molecule has 4 heteroatoms. The van der Waals surface area contributed by atoms with Crippen molar-refractivity contribution in [2.24, 2.45) is 5.92 Å². The molecule has 0 saturated carbocycles. The van der Waals surface area contributed by atoms with Gasteiger partial charge in [0.25, 0.3) is 0 Å². The van der Waals surface area contributed by atoms with Crippen LogP contribution in [0.4, 0.5) is 0 Å². The van der Waals surface area contributed by atoms with E-state index in [9.17, 15) is 9.59 Å². The Morgan fingerprint density at radius 2 is 1.79 bits per heavy atom. The average molecular weight is 330 g/mol. The highest BCUT2D eigenvalue weighted by Crippen LogP contribution is 2.22. The van der Waals surface area contributed by atoms with Crippen molar-refractivity contribution in [1.82, 2.24) is 9.80 Å². The molecule has 0 unspecified atom stereocenters. The molecule has 0 N–H and O–H groups in total. The minimum absolute atomic E-state index is 0.0411. The van der Waals surface area contributed by atoms with Crippen molar-refractivity contribution in [1.29, 1.82) is 0 Å². The topological polar surface area (TPSA) is 40.6 Å². The number of hydrogen-bond donors (Lipinski definition) is 0. The van der Waals surface area contributed by atoms with Gasteiger partial charge in [-0.05, 0) is 44.6 Å². The summed E-state index contributed by atoms with van der Waals surface area (Å²) in [6.45, 7) is 7.76. The molecule has 132 valence electrons. The van der Waals surface area contributed by atoms with Crippen molar-refractivity contribution in [3.05, 3.63) is 35.9 Å². The normalized spacial score (nSPS) is 15.6. The number of amides is 2. The molecule has 1 aromatic carbocycles. The second-order valence-corrected chi connectivity index (χ2v) is 7.07. The van der Waals surface area contributed by atoms with Crippen molar-refractivity contribution in [2.75, 3.05) is 19.6 Å². The number of hydrogen-bond acceptors (Lipinski definition) is 2. The number of piperidine rings is 1. The molecule has 2 amide bonds. The monoisotopic (exact) mass is 330 g/mol. The predicted octanol–water partition coefficient (Wildman–Crippen LogP) is 3.11. The fraction of sp³-hybridized carbons (Fsp3) is 0.600. The molecule has 1 heterocycles. The zero-order valence-corrected chi connectivity index (χ0v) is 15.2. The molecular formula is C20H30N2O2. The zero-order chi connectivity index (χ0) is 17.5. The van der Waals surface area contributed by atoms with Gasteiger partial charge in [-0.3, -0.25) is 9.59 Å². The van der Waals surface area contributed by atoms with Crippen LogP contribution in [0.25, 0.3) is 0 Å². The Kier molecular flexibility index (Phi) is 6.83. The maximum atomic E-state index is 12.4. The van der Waals surface area contributed by atoms with Crippen LogP contribution < -0.4 is 0 Å². The highest BCUT2D eigenvalue weighted by Gasteiger charge is 2.23. The first-order valence-corrected chi connectivity index (χ1v) is 9.06. The second-order valence-electron chi connectivity index (χ2n) is 7.07. The Bertz CT molecular complexity index is 534. The summed E-state index contributed by atoms with van der Waals surface area (Å²) < 4.78 is 0. The van der Waals surface area contributed by atoms with E-state index in [1.54, 1.807) is 11.8 Å². The molecule has 1 aliphatic heterocycles. The average Bonchev–Trinajstić information content (AvgIpc) is 2.56. The molecule has 0 bridgehead atoms. The number of nitrogens with zero attached hydrogens (tertiary/aromatic N) is 2. The number of rotatable bonds is 6. The summed E-state index contributed by atoms with van der Waals surface area (Å²) in [6, 6.07) is 10.7. The smallest absolute Gasteiger partial charge is 0.224 e. The Hall–Kier alpha value is -1.84. The Morgan fingerprint density at radius 1 is 1.17 bits per heavy atom. The van der Waals surface area contributed by atoms with E-state index in [4.69, 9.17) is 0 Å². The third-order valence-corrected chi connectivity index (χ3v) is 4.93. The van der Waals surface area contributed by atoms with Crippen LogP contribution in [0.1, 0.15) is 45.6 Å². The van der Waals surface area contributed by atoms with Crippen LogP contribution >= 0.6 is 0 Å². The fourth-order valence-corrected chi connectivity index (χ4v) is 3.49. The number of carbonyl (C=O) groups is 2. The van der Waals surface area contributed by atoms with E-state index < -0.39 is 0 Å². The van der Waals surface area contributed by atoms with Crippen molar-refractivity contribution < 1.29 is 9.59 Å². The summed E-state index contributed by atoms with van der Waals surface area (Å²) in [5.74, 6) is 0.889. The van der Waals surface area contributed by atoms with E-state index in [2.05, 4.69) is 24.3 Å². The quantitative estimate of drug-likeness (QED) is 0.804. The van der Waals surface area contributed by atoms with Crippen LogP contribution in [0.2, 0.25) is 0 Å². The van der Waals surface area contributed by atoms with Gasteiger partial charge in [0.2, 0.25) is 11.8 Å². The lowest BCUT2D eigenvalue weighted by atomic mass is 9.90. The van der Waals surface area contributed by atoms with Gasteiger partial charge in [0, 0.05) is 39.0 Å². The maximum absolute atomic E-state index is 12.4. The molecule has 2 rings (SSSR count). The van der Waals surface area contributed by atoms with E-state index >= 15 is 0 Å². The number of carbonyl (C=O) groups excluding carboxylic acids is 2. The van der Waals surface area contributed by atoms with Gasteiger partial charge >= 0.3 is 0 Å². The van der Waals surface area contributed by atoms with Crippen LogP contribution in [0.15, 0.2) is 30.3 Å². The third-order valence-electron chi connectivity index (χ3n) is 4.93. The van der Waals surface area contributed by atoms with Gasteiger partial charge in [-0.2, -0.15) is 0 Å². The summed E-state index contributed by atoms with van der Waals surface area (Å²) in [5.41, 5.74) is 1.39. The van der Waals surface area contributed by atoms with Gasteiger partial charge in [0.1, 0.15) is 0 Å². The molecule has 0 spiro atoms. The Labute approximate surface area is 145 Å². The first kappa shape index (κ1) is 18.5. The third kappa shape index (κ3) is 5.36. The molecule has 0 radical (unpaired) electrons. The molecule has 1 aliphatic rings. The first-order chi connectivity index (χ1) is 11.5. The lowest BCUT2D eigenvalue weighted by molar-refractivity contribution is -0.135. The zero-order valence-electron chi connectivity index (χ0n) is 15.2. The fourth-order valence-electron chi connectivity index (χ4n) is 3.49. The summed E-state index contributed by atoms with van der Waals surface area (Å²) in [5, 5.41) is 0. The highest BCUT2D eigenvalue weighted by molar-refractivity contribution is 5.78. The van der Waals surface area contributed by atoms with E-state index in [0.29, 0.717) is 18.9 Å². The van der Waals surface area contributed by atoms with Gasteiger partial charge in [0.15, 0.2) is 0 Å². The predicted molar refractivity (Wildman–Crippen MR) is 96.6 cm³/mol. The van der Waals surface area contributed by atoms with E-state index in [0.717, 1.165) is 32.4 Å². The van der Waals surface area contributed by atoms with Crippen LogP contribution in [0.5, 0.6) is 0 Å². The molecule has 0 aliphatic carbocycles. The van der Waals surface area contributed by atoms with Crippen molar-refractivity contribution >= 4 is 11.8 Å². The minimum Gasteiger partial charge on any atom is -0.343 e. The van der Waals surface area contributed by atoms with Gasteiger partial charge in [-0.1, -0.05) is 30.3 Å². The van der Waals surface area contributed by atoms with Gasteiger partial charge in [0.05, 0.1) is 0 Å². The van der Waals surface area contributed by atoms with Crippen LogP contribution in [-0.2, 0) is 16.0 Å². The minimum atomic E-state index is 0.0411. The summed E-state index contributed by atoms with van der Waals surface area (Å²) in [7, 11) is 0. The first-order valence-electron chi connectivity index (χ1n) is 9.06. The summed E-state index contributed by atoms with van der Waals surface area (Å²) in [4.78, 5) is 27.7. The number of likely N-dealkylation sites (tertiary alicyclic amines) is 1. The van der Waals surface area contributed by atoms with Gasteiger partial charge in [-0.25, -0.2) is 0 Å². The molecule has 4 nitrogen and oxygen atoms in total. The summed E-state index contributed by atoms with van der Waals surface area (Å²) >= 11 is 0. The van der Waals surface area contributed by atoms with Crippen molar-refractivity contribution in [3.63, 3.8) is 0 Å². The van der Waals surface area contributed by atoms with Crippen molar-refractivity contribution in [3.8, 4) is 0 Å². The summed E-state index contributed by atoms with van der Waals surface area (Å²) in [6.07, 6.45) is 3.68. The molecule has 1 fully saturated rings. The SMILES string of the molecule is CC(=O)N(CCC(=O)N1CCC(Cc2ccccc2)CC1)C(C)C. The second kappa shape index (κ2) is 8.86. The Morgan fingerprint density at radius 3 is 2.33 bits per heavy atom. The van der Waals surface area contributed by atoms with Crippen molar-refractivity contribution in [2.45, 2.75) is 52.5 Å². The highest BCUT2D eigenvalue weighted by atomic mass is 16.2. The lowest BCUT2D eigenvalue weighted by Gasteiger charge is -2.33. The molecule has 0 atom stereocenters. The van der Waals surface area contributed by atoms with Crippen LogP contribution in [0, 0.1) is 5.92 Å². The Balaban J connectivity index is 1.75. The number of benzene rings is 1. The molecular weight excluding hydrogens is 300 g/mol. The standard InChI is InChI=1S/C20H30N2O2/c1-16(2)22(17(3)23)14-11-20(24)21-12-9-19(10-13-21)15-18-7-5-4-6-8-18/h4-8,16,19H,9-15H2,1-3H3. The van der Waals surface area contributed by atoms with Crippen LogP contribution in [-0.4, -0.2) is 47.3 Å². The molecule has 1 saturated heterocycles. The molecule has 1 aromatic rings. The van der Waals surface area contributed by atoms with Gasteiger partial charge < -0.3 is 9.80 Å². The van der Waals surface area contributed by atoms with E-state index in [1.807, 2.05) is 24.8 Å². The van der Waals surface area contributed by atoms with E-state index in [1.165, 1.54) is 5.56 Å². The maximum Gasteiger partial charge on any atom is 0.224 e. The largest absolute Gasteiger partial charge is 0.343 e. The molecule has 24 heavy (non-hydrogen) atoms. The van der Waals surface area contributed by atoms with Crippen LogP contribution in [0.3, 0.4) is 0 Å². The molecule has 0 aromatic heterocycles. The lowest BCUT2D eigenvalue weighted by Crippen LogP contribution is -2.42. The van der Waals surface area contributed by atoms with Gasteiger partial charge in [-0.15, -0.1) is 0 Å².